The van der Waals surface area contributed by atoms with Crippen molar-refractivity contribution in [3.8, 4) is 5.75 Å². The third-order valence-electron chi connectivity index (χ3n) is 3.32. The van der Waals surface area contributed by atoms with E-state index in [0.717, 1.165) is 25.2 Å². The smallest absolute Gasteiger partial charge is 0.253 e. The predicted molar refractivity (Wildman–Crippen MR) is 78.1 cm³/mol. The van der Waals surface area contributed by atoms with Gasteiger partial charge < -0.3 is 14.4 Å². The molecule has 4 heteroatoms. The van der Waals surface area contributed by atoms with Gasteiger partial charge in [0, 0.05) is 25.8 Å². The molecular formula is C16H21NO3. The van der Waals surface area contributed by atoms with E-state index < -0.39 is 0 Å². The van der Waals surface area contributed by atoms with Crippen molar-refractivity contribution < 1.29 is 14.3 Å². The van der Waals surface area contributed by atoms with Crippen LogP contribution in [0.5, 0.6) is 5.75 Å². The fourth-order valence-corrected chi connectivity index (χ4v) is 2.25. The molecule has 1 aromatic carbocycles. The minimum Gasteiger partial charge on any atom is -0.490 e. The zero-order valence-corrected chi connectivity index (χ0v) is 11.9. The molecule has 108 valence electrons. The molecule has 0 spiro atoms. The van der Waals surface area contributed by atoms with Crippen molar-refractivity contribution in [2.45, 2.75) is 18.9 Å². The first-order chi connectivity index (χ1) is 9.70. The molecule has 1 unspecified atom stereocenters. The Balaban J connectivity index is 1.91. The second kappa shape index (κ2) is 7.10. The van der Waals surface area contributed by atoms with Gasteiger partial charge in [0.15, 0.2) is 0 Å². The van der Waals surface area contributed by atoms with Gasteiger partial charge in [0.25, 0.3) is 5.91 Å². The molecule has 1 heterocycles. The van der Waals surface area contributed by atoms with Crippen molar-refractivity contribution in [1.29, 1.82) is 0 Å². The van der Waals surface area contributed by atoms with Crippen molar-refractivity contribution in [3.05, 3.63) is 42.5 Å². The lowest BCUT2D eigenvalue weighted by Crippen LogP contribution is -2.34. The highest BCUT2D eigenvalue weighted by Crippen LogP contribution is 2.16. The first-order valence-electron chi connectivity index (χ1n) is 6.91. The third-order valence-corrected chi connectivity index (χ3v) is 3.32. The molecule has 1 atom stereocenters. The van der Waals surface area contributed by atoms with E-state index in [4.69, 9.17) is 9.47 Å². The first kappa shape index (κ1) is 14.6. The van der Waals surface area contributed by atoms with Crippen LogP contribution < -0.4 is 4.74 Å². The normalized spacial score (nSPS) is 17.8. The maximum Gasteiger partial charge on any atom is 0.253 e. The Morgan fingerprint density at radius 3 is 2.85 bits per heavy atom. The average molecular weight is 275 g/mol. The number of rotatable bonds is 6. The van der Waals surface area contributed by atoms with Crippen LogP contribution in [0.15, 0.2) is 36.9 Å². The molecule has 0 saturated carbocycles. The summed E-state index contributed by atoms with van der Waals surface area (Å²) in [5, 5.41) is 0. The summed E-state index contributed by atoms with van der Waals surface area (Å²) in [6.45, 7) is 5.51. The lowest BCUT2D eigenvalue weighted by Gasteiger charge is -2.21. The first-order valence-corrected chi connectivity index (χ1v) is 6.91. The van der Waals surface area contributed by atoms with Crippen molar-refractivity contribution in [2.75, 3.05) is 26.8 Å². The Labute approximate surface area is 120 Å². The number of nitrogens with zero attached hydrogens (tertiary/aromatic N) is 1. The number of hydrogen-bond acceptors (Lipinski definition) is 3. The van der Waals surface area contributed by atoms with Crippen LogP contribution in [0.4, 0.5) is 0 Å². The highest BCUT2D eigenvalue weighted by molar-refractivity contribution is 5.94. The molecule has 20 heavy (non-hydrogen) atoms. The van der Waals surface area contributed by atoms with Gasteiger partial charge in [0.05, 0.1) is 6.10 Å². The van der Waals surface area contributed by atoms with Gasteiger partial charge in [-0.05, 0) is 37.1 Å². The monoisotopic (exact) mass is 275 g/mol. The van der Waals surface area contributed by atoms with Gasteiger partial charge >= 0.3 is 0 Å². The van der Waals surface area contributed by atoms with Crippen LogP contribution in [0, 0.1) is 0 Å². The van der Waals surface area contributed by atoms with Crippen molar-refractivity contribution in [3.63, 3.8) is 0 Å². The van der Waals surface area contributed by atoms with Crippen LogP contribution in [0.25, 0.3) is 0 Å². The van der Waals surface area contributed by atoms with Crippen molar-refractivity contribution in [2.24, 2.45) is 0 Å². The summed E-state index contributed by atoms with van der Waals surface area (Å²) >= 11 is 0. The van der Waals surface area contributed by atoms with E-state index in [-0.39, 0.29) is 12.0 Å². The quantitative estimate of drug-likeness (QED) is 0.749. The third kappa shape index (κ3) is 3.84. The number of carbonyl (C=O) groups is 1. The highest BCUT2D eigenvalue weighted by atomic mass is 16.5. The van der Waals surface area contributed by atoms with Crippen LogP contribution in [-0.4, -0.2) is 43.7 Å². The summed E-state index contributed by atoms with van der Waals surface area (Å²) in [5.74, 6) is 0.749. The Bertz CT molecular complexity index is 449. The summed E-state index contributed by atoms with van der Waals surface area (Å²) < 4.78 is 10.9. The van der Waals surface area contributed by atoms with Gasteiger partial charge in [-0.3, -0.25) is 4.79 Å². The Morgan fingerprint density at radius 1 is 1.50 bits per heavy atom. The van der Waals surface area contributed by atoms with Crippen LogP contribution in [0.2, 0.25) is 0 Å². The van der Waals surface area contributed by atoms with Crippen molar-refractivity contribution >= 4 is 5.91 Å². The summed E-state index contributed by atoms with van der Waals surface area (Å²) in [4.78, 5) is 14.0. The van der Waals surface area contributed by atoms with E-state index in [0.29, 0.717) is 18.7 Å². The van der Waals surface area contributed by atoms with E-state index in [1.165, 1.54) is 0 Å². The van der Waals surface area contributed by atoms with Crippen LogP contribution in [0.1, 0.15) is 23.2 Å². The molecule has 0 aliphatic carbocycles. The molecule has 1 fully saturated rings. The SMILES string of the molecule is C=CCOc1ccc(C(=O)N(C)CC2CCCO2)cc1. The molecule has 0 N–H and O–H groups in total. The minimum absolute atomic E-state index is 0.00997. The lowest BCUT2D eigenvalue weighted by molar-refractivity contribution is 0.0587. The fourth-order valence-electron chi connectivity index (χ4n) is 2.25. The van der Waals surface area contributed by atoms with Gasteiger partial charge in [-0.25, -0.2) is 0 Å². The summed E-state index contributed by atoms with van der Waals surface area (Å²) in [7, 11) is 1.81. The molecule has 1 aliphatic rings. The van der Waals surface area contributed by atoms with E-state index in [1.807, 2.05) is 7.05 Å². The maximum atomic E-state index is 12.3. The number of hydrogen-bond donors (Lipinski definition) is 0. The van der Waals surface area contributed by atoms with Crippen LogP contribution >= 0.6 is 0 Å². The Hall–Kier alpha value is -1.81. The molecule has 0 bridgehead atoms. The van der Waals surface area contributed by atoms with E-state index >= 15 is 0 Å². The minimum atomic E-state index is 0.00997. The molecule has 4 nitrogen and oxygen atoms in total. The average Bonchev–Trinajstić information content (AvgIpc) is 2.97. The summed E-state index contributed by atoms with van der Waals surface area (Å²) in [6.07, 6.45) is 3.99. The van der Waals surface area contributed by atoms with Gasteiger partial charge in [0.2, 0.25) is 0 Å². The molecule has 0 radical (unpaired) electrons. The molecule has 0 aromatic heterocycles. The predicted octanol–water partition coefficient (Wildman–Crippen LogP) is 2.50. The summed E-state index contributed by atoms with van der Waals surface area (Å²) in [6, 6.07) is 7.17. The van der Waals surface area contributed by atoms with Crippen LogP contribution in [-0.2, 0) is 4.74 Å². The summed E-state index contributed by atoms with van der Waals surface area (Å²) in [5.41, 5.74) is 0.663. The second-order valence-corrected chi connectivity index (χ2v) is 4.94. The van der Waals surface area contributed by atoms with Gasteiger partial charge in [0.1, 0.15) is 12.4 Å². The molecular weight excluding hydrogens is 254 g/mol. The van der Waals surface area contributed by atoms with Crippen LogP contribution in [0.3, 0.4) is 0 Å². The Kier molecular flexibility index (Phi) is 5.18. The zero-order chi connectivity index (χ0) is 14.4. The lowest BCUT2D eigenvalue weighted by atomic mass is 10.1. The largest absolute Gasteiger partial charge is 0.490 e. The number of benzene rings is 1. The second-order valence-electron chi connectivity index (χ2n) is 4.94. The number of carbonyl (C=O) groups excluding carboxylic acids is 1. The topological polar surface area (TPSA) is 38.8 Å². The number of amides is 1. The molecule has 1 saturated heterocycles. The molecule has 2 rings (SSSR count). The van der Waals surface area contributed by atoms with E-state index in [2.05, 4.69) is 6.58 Å². The standard InChI is InChI=1S/C16H21NO3/c1-3-10-19-14-8-6-13(7-9-14)16(18)17(2)12-15-5-4-11-20-15/h3,6-9,15H,1,4-5,10-12H2,2H3. The zero-order valence-electron chi connectivity index (χ0n) is 11.9. The van der Waals surface area contributed by atoms with E-state index in [9.17, 15) is 4.79 Å². The van der Waals surface area contributed by atoms with E-state index in [1.54, 1.807) is 35.2 Å². The highest BCUT2D eigenvalue weighted by Gasteiger charge is 2.20. The van der Waals surface area contributed by atoms with Gasteiger partial charge in [-0.15, -0.1) is 0 Å². The Morgan fingerprint density at radius 2 is 2.25 bits per heavy atom. The fraction of sp³-hybridized carbons (Fsp3) is 0.438. The molecule has 1 aliphatic heterocycles. The van der Waals surface area contributed by atoms with Gasteiger partial charge in [-0.2, -0.15) is 0 Å². The van der Waals surface area contributed by atoms with Gasteiger partial charge in [-0.1, -0.05) is 12.7 Å². The molecule has 1 aromatic rings. The van der Waals surface area contributed by atoms with Crippen molar-refractivity contribution in [1.82, 2.24) is 4.90 Å². The molecule has 1 amide bonds. The number of ether oxygens (including phenoxy) is 2. The number of likely N-dealkylation sites (N-methyl/N-ethyl adjacent to an activating group) is 1. The maximum absolute atomic E-state index is 12.3.